The maximum absolute atomic E-state index is 6.14. The van der Waals surface area contributed by atoms with Gasteiger partial charge in [-0.1, -0.05) is 43.0 Å². The van der Waals surface area contributed by atoms with E-state index in [4.69, 9.17) is 21.8 Å². The van der Waals surface area contributed by atoms with E-state index in [-0.39, 0.29) is 0 Å². The maximum Gasteiger partial charge on any atom is 0.230 e. The van der Waals surface area contributed by atoms with Gasteiger partial charge in [0.1, 0.15) is 5.82 Å². The lowest BCUT2D eigenvalue weighted by molar-refractivity contribution is 0.329. The number of nitrogens with zero attached hydrogens (tertiary/aromatic N) is 4. The lowest BCUT2D eigenvalue weighted by atomic mass is 9.96. The molecule has 152 valence electrons. The Hall–Kier alpha value is -3.12. The summed E-state index contributed by atoms with van der Waals surface area (Å²) in [6, 6.07) is 9.90. The number of aromatic nitrogens is 4. The van der Waals surface area contributed by atoms with Gasteiger partial charge in [0.15, 0.2) is 5.76 Å². The summed E-state index contributed by atoms with van der Waals surface area (Å²) in [4.78, 5) is 8.79. The van der Waals surface area contributed by atoms with Crippen molar-refractivity contribution in [2.75, 3.05) is 5.73 Å². The first-order valence-corrected chi connectivity index (χ1v) is 10.6. The number of pyridine rings is 1. The molecule has 5 rings (SSSR count). The maximum atomic E-state index is 6.14. The van der Waals surface area contributed by atoms with Crippen LogP contribution in [0.15, 0.2) is 59.5 Å². The Morgan fingerprint density at radius 2 is 1.83 bits per heavy atom. The molecule has 1 saturated carbocycles. The van der Waals surface area contributed by atoms with E-state index >= 15 is 0 Å². The van der Waals surface area contributed by atoms with Crippen molar-refractivity contribution in [1.82, 2.24) is 19.7 Å². The number of hydrogen-bond donors (Lipinski definition) is 1. The second-order valence-electron chi connectivity index (χ2n) is 7.70. The lowest BCUT2D eigenvalue weighted by Gasteiger charge is -2.21. The lowest BCUT2D eigenvalue weighted by Crippen LogP contribution is -2.12. The molecular weight excluding hydrogens is 398 g/mol. The minimum absolute atomic E-state index is 0.373. The zero-order valence-corrected chi connectivity index (χ0v) is 17.2. The van der Waals surface area contributed by atoms with Crippen molar-refractivity contribution >= 4 is 17.4 Å². The molecule has 0 saturated heterocycles. The molecule has 1 aliphatic rings. The first-order valence-electron chi connectivity index (χ1n) is 10.2. The largest absolute Gasteiger partial charge is 0.436 e. The van der Waals surface area contributed by atoms with Crippen molar-refractivity contribution in [3.05, 3.63) is 60.1 Å². The molecule has 0 atom stereocenters. The zero-order valence-electron chi connectivity index (χ0n) is 16.5. The Morgan fingerprint density at radius 1 is 0.967 bits per heavy atom. The summed E-state index contributed by atoms with van der Waals surface area (Å²) in [5.41, 5.74) is 9.60. The summed E-state index contributed by atoms with van der Waals surface area (Å²) in [6.45, 7) is 0. The fourth-order valence-corrected chi connectivity index (χ4v) is 4.20. The van der Waals surface area contributed by atoms with Crippen molar-refractivity contribution in [2.45, 2.75) is 38.1 Å². The Kier molecular flexibility index (Phi) is 5.01. The predicted octanol–water partition coefficient (Wildman–Crippen LogP) is 6.01. The Morgan fingerprint density at radius 3 is 2.67 bits per heavy atom. The Labute approximate surface area is 179 Å². The molecule has 1 aromatic carbocycles. The predicted molar refractivity (Wildman–Crippen MR) is 118 cm³/mol. The SMILES string of the molecule is Nc1ncc(-c2cnn(C3CCCCC3)c2)cc1-c1ncc(-c2cccc(Cl)c2)o1. The number of anilines is 1. The van der Waals surface area contributed by atoms with E-state index in [1.165, 1.54) is 32.1 Å². The third kappa shape index (κ3) is 3.71. The molecule has 4 aromatic rings. The number of benzene rings is 1. The third-order valence-electron chi connectivity index (χ3n) is 5.65. The van der Waals surface area contributed by atoms with E-state index in [9.17, 15) is 0 Å². The molecule has 0 unspecified atom stereocenters. The number of rotatable bonds is 4. The molecule has 1 fully saturated rings. The van der Waals surface area contributed by atoms with Crippen molar-refractivity contribution in [2.24, 2.45) is 0 Å². The smallest absolute Gasteiger partial charge is 0.230 e. The molecule has 7 heteroatoms. The van der Waals surface area contributed by atoms with E-state index < -0.39 is 0 Å². The van der Waals surface area contributed by atoms with Crippen molar-refractivity contribution in [1.29, 1.82) is 0 Å². The normalized spacial score (nSPS) is 14.8. The zero-order chi connectivity index (χ0) is 20.5. The van der Waals surface area contributed by atoms with Crippen LogP contribution in [0.2, 0.25) is 5.02 Å². The van der Waals surface area contributed by atoms with E-state index in [2.05, 4.69) is 25.9 Å². The Balaban J connectivity index is 1.45. The highest BCUT2D eigenvalue weighted by Gasteiger charge is 2.18. The molecule has 2 N–H and O–H groups in total. The summed E-state index contributed by atoms with van der Waals surface area (Å²) in [5.74, 6) is 1.43. The van der Waals surface area contributed by atoms with Gasteiger partial charge in [0.2, 0.25) is 5.89 Å². The fraction of sp³-hybridized carbons (Fsp3) is 0.261. The highest BCUT2D eigenvalue weighted by atomic mass is 35.5. The number of nitrogen functional groups attached to an aromatic ring is 1. The quantitative estimate of drug-likeness (QED) is 0.438. The summed E-state index contributed by atoms with van der Waals surface area (Å²) in [7, 11) is 0. The van der Waals surface area contributed by atoms with E-state index in [1.54, 1.807) is 12.4 Å². The summed E-state index contributed by atoms with van der Waals surface area (Å²) in [5, 5.41) is 5.24. The van der Waals surface area contributed by atoms with Crippen LogP contribution in [-0.4, -0.2) is 19.7 Å². The van der Waals surface area contributed by atoms with E-state index in [0.29, 0.717) is 34.1 Å². The van der Waals surface area contributed by atoms with Gasteiger partial charge in [0, 0.05) is 34.1 Å². The van der Waals surface area contributed by atoms with Gasteiger partial charge in [0.05, 0.1) is 24.0 Å². The molecule has 0 spiro atoms. The minimum Gasteiger partial charge on any atom is -0.436 e. The molecule has 0 amide bonds. The number of halogens is 1. The highest BCUT2D eigenvalue weighted by molar-refractivity contribution is 6.30. The minimum atomic E-state index is 0.373. The van der Waals surface area contributed by atoms with E-state index in [0.717, 1.165) is 16.7 Å². The first-order chi connectivity index (χ1) is 14.7. The van der Waals surface area contributed by atoms with Gasteiger partial charge < -0.3 is 10.2 Å². The number of hydrogen-bond acceptors (Lipinski definition) is 5. The third-order valence-corrected chi connectivity index (χ3v) is 5.88. The van der Waals surface area contributed by atoms with Crippen LogP contribution >= 0.6 is 11.6 Å². The van der Waals surface area contributed by atoms with Gasteiger partial charge in [-0.3, -0.25) is 4.68 Å². The number of nitrogens with two attached hydrogens (primary N) is 1. The van der Waals surface area contributed by atoms with Gasteiger partial charge in [-0.05, 0) is 31.0 Å². The fourth-order valence-electron chi connectivity index (χ4n) is 4.01. The molecule has 6 nitrogen and oxygen atoms in total. The molecule has 0 aliphatic heterocycles. The molecule has 3 aromatic heterocycles. The summed E-state index contributed by atoms with van der Waals surface area (Å²) >= 11 is 6.09. The molecule has 1 aliphatic carbocycles. The van der Waals surface area contributed by atoms with Crippen LogP contribution in [0.25, 0.3) is 33.9 Å². The summed E-state index contributed by atoms with van der Waals surface area (Å²) in [6.07, 6.45) is 13.7. The second-order valence-corrected chi connectivity index (χ2v) is 8.13. The standard InChI is InChI=1S/C23H22ClN5O/c24-18-6-4-5-15(9-18)21-13-27-23(30-21)20-10-16(11-26-22(20)25)17-12-28-29(14-17)19-7-2-1-3-8-19/h4-6,9-14,19H,1-3,7-8H2,(H2,25,26). The Bertz CT molecular complexity index is 1180. The van der Waals surface area contributed by atoms with Crippen LogP contribution in [0, 0.1) is 0 Å². The number of oxazole rings is 1. The van der Waals surface area contributed by atoms with Gasteiger partial charge in [0.25, 0.3) is 0 Å². The van der Waals surface area contributed by atoms with Crippen LogP contribution in [0.4, 0.5) is 5.82 Å². The van der Waals surface area contributed by atoms with Gasteiger partial charge in [-0.2, -0.15) is 5.10 Å². The van der Waals surface area contributed by atoms with Crippen LogP contribution in [0.3, 0.4) is 0 Å². The van der Waals surface area contributed by atoms with Gasteiger partial charge in [-0.25, -0.2) is 9.97 Å². The average Bonchev–Trinajstić information content (AvgIpc) is 3.45. The van der Waals surface area contributed by atoms with Crippen LogP contribution < -0.4 is 5.73 Å². The highest BCUT2D eigenvalue weighted by Crippen LogP contribution is 2.33. The molecule has 0 radical (unpaired) electrons. The molecule has 3 heterocycles. The first kappa shape index (κ1) is 18.9. The monoisotopic (exact) mass is 419 g/mol. The van der Waals surface area contributed by atoms with Gasteiger partial charge in [-0.15, -0.1) is 0 Å². The summed E-state index contributed by atoms with van der Waals surface area (Å²) < 4.78 is 8.06. The van der Waals surface area contributed by atoms with Crippen LogP contribution in [-0.2, 0) is 0 Å². The van der Waals surface area contributed by atoms with Crippen LogP contribution in [0.1, 0.15) is 38.1 Å². The van der Waals surface area contributed by atoms with Gasteiger partial charge >= 0.3 is 0 Å². The van der Waals surface area contributed by atoms with Crippen molar-refractivity contribution in [3.8, 4) is 33.9 Å². The molecule has 30 heavy (non-hydrogen) atoms. The van der Waals surface area contributed by atoms with Crippen molar-refractivity contribution < 1.29 is 4.42 Å². The molecular formula is C23H22ClN5O. The molecule has 0 bridgehead atoms. The topological polar surface area (TPSA) is 82.8 Å². The average molecular weight is 420 g/mol. The second kappa shape index (κ2) is 7.95. The van der Waals surface area contributed by atoms with Crippen molar-refractivity contribution in [3.63, 3.8) is 0 Å². The van der Waals surface area contributed by atoms with Crippen LogP contribution in [0.5, 0.6) is 0 Å². The van der Waals surface area contributed by atoms with E-state index in [1.807, 2.05) is 36.5 Å².